The number of hydrogen-bond donors (Lipinski definition) is 0. The van der Waals surface area contributed by atoms with Gasteiger partial charge in [-0.2, -0.15) is 4.37 Å². The highest BCUT2D eigenvalue weighted by Crippen LogP contribution is 2.27. The van der Waals surface area contributed by atoms with Crippen LogP contribution in [0.1, 0.15) is 56.9 Å². The molecule has 106 valence electrons. The van der Waals surface area contributed by atoms with Gasteiger partial charge < -0.3 is 9.64 Å². The molecule has 1 aromatic heterocycles. The Kier molecular flexibility index (Phi) is 2.67. The first-order valence-corrected chi connectivity index (χ1v) is 6.86. The standard InChI is InChI=1S/C14H23N3OS/c1-3-4-5-6-10-18-14-13(15-19-16-14)12-8-7-9-17(2)11-12/h8H,3-7,9-11H2,1-2H3/i2D3,4D2,5D2,6D2. The quantitative estimate of drug-likeness (QED) is 0.773. The summed E-state index contributed by atoms with van der Waals surface area (Å²) in [5.74, 6) is -0.0135. The maximum absolute atomic E-state index is 8.00. The van der Waals surface area contributed by atoms with Gasteiger partial charge in [-0.05, 0) is 25.3 Å². The van der Waals surface area contributed by atoms with Gasteiger partial charge in [0.15, 0.2) is 0 Å². The molecule has 0 N–H and O–H groups in total. The number of nitrogens with zero attached hydrogens (tertiary/aromatic N) is 3. The minimum atomic E-state index is -2.79. The second kappa shape index (κ2) is 7.60. The van der Waals surface area contributed by atoms with Crippen molar-refractivity contribution in [3.63, 3.8) is 0 Å². The van der Waals surface area contributed by atoms with E-state index in [1.165, 1.54) is 11.8 Å². The minimum absolute atomic E-state index is 0.0135. The summed E-state index contributed by atoms with van der Waals surface area (Å²) in [5, 5.41) is 0. The molecule has 19 heavy (non-hydrogen) atoms. The van der Waals surface area contributed by atoms with Crippen molar-refractivity contribution in [2.24, 2.45) is 0 Å². The maximum Gasteiger partial charge on any atom is 0.253 e. The molecule has 2 rings (SSSR count). The van der Waals surface area contributed by atoms with Gasteiger partial charge in [0.2, 0.25) is 0 Å². The van der Waals surface area contributed by atoms with Crippen LogP contribution in [-0.4, -0.2) is 40.3 Å². The highest BCUT2D eigenvalue weighted by Gasteiger charge is 2.18. The monoisotopic (exact) mass is 290 g/mol. The van der Waals surface area contributed by atoms with Crippen LogP contribution in [0.15, 0.2) is 6.08 Å². The summed E-state index contributed by atoms with van der Waals surface area (Å²) in [4.78, 5) is 1.32. The Hall–Kier alpha value is -0.940. The van der Waals surface area contributed by atoms with Gasteiger partial charge in [0, 0.05) is 25.4 Å². The molecule has 0 unspecified atom stereocenters. The van der Waals surface area contributed by atoms with E-state index in [0.29, 0.717) is 24.2 Å². The van der Waals surface area contributed by atoms with Crippen LogP contribution in [-0.2, 0) is 0 Å². The van der Waals surface area contributed by atoms with Gasteiger partial charge in [-0.3, -0.25) is 0 Å². The van der Waals surface area contributed by atoms with Gasteiger partial charge in [0.1, 0.15) is 5.69 Å². The first-order chi connectivity index (χ1) is 12.7. The Bertz CT molecular complexity index is 717. The Labute approximate surface area is 132 Å². The van der Waals surface area contributed by atoms with Crippen molar-refractivity contribution in [1.29, 1.82) is 0 Å². The molecule has 0 atom stereocenters. The predicted octanol–water partition coefficient (Wildman–Crippen LogP) is 3.22. The molecule has 1 aliphatic heterocycles. The van der Waals surface area contributed by atoms with E-state index in [2.05, 4.69) is 8.75 Å². The molecule has 4 nitrogen and oxygen atoms in total. The number of ether oxygens (including phenoxy) is 1. The van der Waals surface area contributed by atoms with Gasteiger partial charge in [-0.1, -0.05) is 32.2 Å². The zero-order valence-electron chi connectivity index (χ0n) is 19.8. The third kappa shape index (κ3) is 4.28. The molecule has 0 radical (unpaired) electrons. The fourth-order valence-corrected chi connectivity index (χ4v) is 2.21. The topological polar surface area (TPSA) is 38.2 Å². The lowest BCUT2D eigenvalue weighted by Gasteiger charge is -2.22. The molecule has 0 spiro atoms. The largest absolute Gasteiger partial charge is 0.475 e. The molecule has 0 saturated carbocycles. The Balaban J connectivity index is 2.16. The first kappa shape index (κ1) is 6.68. The second-order valence-corrected chi connectivity index (χ2v) is 4.51. The fraction of sp³-hybridized carbons (Fsp3) is 0.714. The summed E-state index contributed by atoms with van der Waals surface area (Å²) in [6, 6.07) is 0. The highest BCUT2D eigenvalue weighted by atomic mass is 32.1. The predicted molar refractivity (Wildman–Crippen MR) is 79.6 cm³/mol. The van der Waals surface area contributed by atoms with Crippen molar-refractivity contribution in [1.82, 2.24) is 13.6 Å². The molecular weight excluding hydrogens is 258 g/mol. The second-order valence-electron chi connectivity index (χ2n) is 3.98. The van der Waals surface area contributed by atoms with Gasteiger partial charge in [-0.15, -0.1) is 4.37 Å². The normalized spacial score (nSPS) is 26.4. The first-order valence-electron chi connectivity index (χ1n) is 10.6. The van der Waals surface area contributed by atoms with E-state index >= 15 is 0 Å². The van der Waals surface area contributed by atoms with Crippen molar-refractivity contribution >= 4 is 17.3 Å². The molecule has 0 amide bonds. The van der Waals surface area contributed by atoms with Gasteiger partial charge in [0.25, 0.3) is 5.88 Å². The van der Waals surface area contributed by atoms with Crippen LogP contribution in [0, 0.1) is 0 Å². The van der Waals surface area contributed by atoms with E-state index in [1.807, 2.05) is 6.08 Å². The molecule has 1 aliphatic rings. The SMILES string of the molecule is [2H]C([2H])([2H])N1CCC=C(c2nsnc2OCC([2H])([2H])C([2H])([2H])C([2H])([2H])CC)C1. The highest BCUT2D eigenvalue weighted by molar-refractivity contribution is 6.99. The number of hydrogen-bond acceptors (Lipinski definition) is 5. The van der Waals surface area contributed by atoms with Gasteiger partial charge in [-0.25, -0.2) is 0 Å². The summed E-state index contributed by atoms with van der Waals surface area (Å²) in [6.45, 7) is -1.06. The Morgan fingerprint density at radius 3 is 3.26 bits per heavy atom. The van der Waals surface area contributed by atoms with E-state index in [0.717, 1.165) is 11.7 Å². The van der Waals surface area contributed by atoms with Crippen molar-refractivity contribution in [3.8, 4) is 5.88 Å². The average molecular weight is 290 g/mol. The van der Waals surface area contributed by atoms with Crippen LogP contribution in [0.5, 0.6) is 5.88 Å². The zero-order chi connectivity index (χ0) is 21.4. The van der Waals surface area contributed by atoms with E-state index in [-0.39, 0.29) is 18.8 Å². The third-order valence-electron chi connectivity index (χ3n) is 2.55. The molecular formula is C14H23N3OS. The molecule has 0 bridgehead atoms. The van der Waals surface area contributed by atoms with Crippen LogP contribution in [0.2, 0.25) is 0 Å². The lowest BCUT2D eigenvalue weighted by Crippen LogP contribution is -2.25. The van der Waals surface area contributed by atoms with Crippen LogP contribution < -0.4 is 4.74 Å². The Morgan fingerprint density at radius 2 is 2.42 bits per heavy atom. The van der Waals surface area contributed by atoms with Crippen LogP contribution >= 0.6 is 11.7 Å². The van der Waals surface area contributed by atoms with E-state index < -0.39 is 32.7 Å². The summed E-state index contributed by atoms with van der Waals surface area (Å²) >= 11 is 0.821. The lowest BCUT2D eigenvalue weighted by molar-refractivity contribution is 0.294. The molecule has 0 aromatic carbocycles. The number of aromatic nitrogens is 2. The molecule has 0 aliphatic carbocycles. The van der Waals surface area contributed by atoms with Crippen molar-refractivity contribution in [3.05, 3.63) is 11.8 Å². The number of likely N-dealkylation sites (N-methyl/N-ethyl adjacent to an activating group) is 1. The van der Waals surface area contributed by atoms with E-state index in [4.69, 9.17) is 17.1 Å². The Morgan fingerprint density at radius 1 is 1.47 bits per heavy atom. The minimum Gasteiger partial charge on any atom is -0.475 e. The summed E-state index contributed by atoms with van der Waals surface area (Å²) in [6.07, 6.45) is -5.66. The molecule has 5 heteroatoms. The average Bonchev–Trinajstić information content (AvgIpc) is 3.07. The van der Waals surface area contributed by atoms with Crippen molar-refractivity contribution in [2.45, 2.75) is 38.9 Å². The van der Waals surface area contributed by atoms with E-state index in [9.17, 15) is 0 Å². The summed E-state index contributed by atoms with van der Waals surface area (Å²) in [5.41, 5.74) is 0.896. The van der Waals surface area contributed by atoms with Crippen LogP contribution in [0.25, 0.3) is 5.57 Å². The molecule has 0 saturated heterocycles. The number of rotatable bonds is 7. The summed E-state index contributed by atoms with van der Waals surface area (Å²) < 4.78 is 83.5. The smallest absolute Gasteiger partial charge is 0.253 e. The summed E-state index contributed by atoms with van der Waals surface area (Å²) in [7, 11) is 0. The van der Waals surface area contributed by atoms with Crippen LogP contribution in [0.4, 0.5) is 0 Å². The van der Waals surface area contributed by atoms with Crippen molar-refractivity contribution in [2.75, 3.05) is 26.7 Å². The van der Waals surface area contributed by atoms with Gasteiger partial charge >= 0.3 is 0 Å². The fourth-order valence-electron chi connectivity index (χ4n) is 1.68. The van der Waals surface area contributed by atoms with E-state index in [1.54, 1.807) is 0 Å². The third-order valence-corrected chi connectivity index (χ3v) is 3.06. The zero-order valence-corrected chi connectivity index (χ0v) is 11.6. The van der Waals surface area contributed by atoms with Crippen LogP contribution in [0.3, 0.4) is 0 Å². The molecule has 0 fully saturated rings. The van der Waals surface area contributed by atoms with Gasteiger partial charge in [0.05, 0.1) is 18.3 Å². The van der Waals surface area contributed by atoms with Crippen molar-refractivity contribution < 1.29 is 17.1 Å². The maximum atomic E-state index is 8.00. The lowest BCUT2D eigenvalue weighted by atomic mass is 10.1. The molecule has 1 aromatic rings. The molecule has 2 heterocycles.